The van der Waals surface area contributed by atoms with E-state index in [0.29, 0.717) is 60.0 Å². The van der Waals surface area contributed by atoms with Gasteiger partial charge >= 0.3 is 0 Å². The Morgan fingerprint density at radius 2 is 1.71 bits per heavy atom. The van der Waals surface area contributed by atoms with Crippen molar-refractivity contribution in [2.75, 3.05) is 40.5 Å². The third-order valence-electron chi connectivity index (χ3n) is 5.38. The number of carbonyl (C=O) groups excluding carboxylic acids is 1. The van der Waals surface area contributed by atoms with Gasteiger partial charge < -0.3 is 23.8 Å². The molecule has 3 aromatic rings. The van der Waals surface area contributed by atoms with Crippen LogP contribution in [0.1, 0.15) is 11.1 Å². The van der Waals surface area contributed by atoms with Gasteiger partial charge in [-0.2, -0.15) is 0 Å². The lowest BCUT2D eigenvalue weighted by Gasteiger charge is -2.26. The molecule has 2 aromatic carbocycles. The molecule has 1 saturated heterocycles. The smallest absolute Gasteiger partial charge is 0.247 e. The predicted molar refractivity (Wildman–Crippen MR) is 130 cm³/mol. The lowest BCUT2D eigenvalue weighted by Crippen LogP contribution is -2.39. The highest BCUT2D eigenvalue weighted by atomic mass is 35.5. The molecule has 0 spiro atoms. The average Bonchev–Trinajstić information content (AvgIpc) is 2.89. The maximum Gasteiger partial charge on any atom is 0.247 e. The fourth-order valence-electron chi connectivity index (χ4n) is 3.58. The summed E-state index contributed by atoms with van der Waals surface area (Å²) < 4.78 is 22.0. The van der Waals surface area contributed by atoms with Crippen molar-refractivity contribution < 1.29 is 23.7 Å². The van der Waals surface area contributed by atoms with Crippen LogP contribution in [0.4, 0.5) is 0 Å². The quantitative estimate of drug-likeness (QED) is 0.451. The fraction of sp³-hybridized carbons (Fsp3) is 0.231. The molecule has 0 radical (unpaired) electrons. The van der Waals surface area contributed by atoms with E-state index in [0.717, 1.165) is 11.1 Å². The Morgan fingerprint density at radius 3 is 2.38 bits per heavy atom. The summed E-state index contributed by atoms with van der Waals surface area (Å²) >= 11 is 6.19. The first-order chi connectivity index (χ1) is 16.6. The predicted octanol–water partition coefficient (Wildman–Crippen LogP) is 4.84. The van der Waals surface area contributed by atoms with Crippen LogP contribution in [-0.2, 0) is 9.53 Å². The molecular weight excluding hydrogens is 456 g/mol. The minimum absolute atomic E-state index is 0.0931. The van der Waals surface area contributed by atoms with Crippen molar-refractivity contribution >= 4 is 23.1 Å². The van der Waals surface area contributed by atoms with Gasteiger partial charge in [-0.3, -0.25) is 4.79 Å². The number of morpholine rings is 1. The van der Waals surface area contributed by atoms with Gasteiger partial charge in [0.25, 0.3) is 0 Å². The number of para-hydroxylation sites is 1. The summed E-state index contributed by atoms with van der Waals surface area (Å²) in [7, 11) is 3.16. The molecule has 1 aliphatic heterocycles. The highest BCUT2D eigenvalue weighted by molar-refractivity contribution is 6.32. The summed E-state index contributed by atoms with van der Waals surface area (Å²) in [5.41, 5.74) is 2.25. The van der Waals surface area contributed by atoms with E-state index in [-0.39, 0.29) is 5.91 Å². The third-order valence-corrected chi connectivity index (χ3v) is 5.70. The van der Waals surface area contributed by atoms with Crippen molar-refractivity contribution in [3.63, 3.8) is 0 Å². The van der Waals surface area contributed by atoms with Crippen LogP contribution in [0.2, 0.25) is 5.02 Å². The molecule has 2 heterocycles. The van der Waals surface area contributed by atoms with Crippen molar-refractivity contribution in [2.24, 2.45) is 0 Å². The van der Waals surface area contributed by atoms with Gasteiger partial charge in [-0.25, -0.2) is 4.98 Å². The van der Waals surface area contributed by atoms with E-state index >= 15 is 0 Å². The van der Waals surface area contributed by atoms with Crippen molar-refractivity contribution in [3.8, 4) is 23.1 Å². The molecule has 0 bridgehead atoms. The van der Waals surface area contributed by atoms with Gasteiger partial charge in [-0.15, -0.1) is 0 Å². The van der Waals surface area contributed by atoms with Gasteiger partial charge in [-0.1, -0.05) is 29.8 Å². The first-order valence-electron chi connectivity index (χ1n) is 10.8. The Bertz CT molecular complexity index is 1170. The van der Waals surface area contributed by atoms with Crippen molar-refractivity contribution in [2.45, 2.75) is 0 Å². The number of hydrogen-bond acceptors (Lipinski definition) is 6. The summed E-state index contributed by atoms with van der Waals surface area (Å²) in [5.74, 6) is 1.98. The van der Waals surface area contributed by atoms with Crippen molar-refractivity contribution in [3.05, 3.63) is 83.0 Å². The standard InChI is InChI=1S/C26H25ClN2O5/c1-31-23-9-7-18(15-24(23)32-2)20(16-26(30)29-11-13-33-14-12-29)19-8-10-25(28-17-19)34-22-6-4-3-5-21(22)27/h3-10,15-17H,11-14H2,1-2H3. The monoisotopic (exact) mass is 480 g/mol. The van der Waals surface area contributed by atoms with Crippen molar-refractivity contribution in [1.29, 1.82) is 0 Å². The Hall–Kier alpha value is -3.55. The lowest BCUT2D eigenvalue weighted by atomic mass is 9.98. The molecule has 0 unspecified atom stereocenters. The highest BCUT2D eigenvalue weighted by Crippen LogP contribution is 2.34. The van der Waals surface area contributed by atoms with E-state index < -0.39 is 0 Å². The maximum absolute atomic E-state index is 13.1. The van der Waals surface area contributed by atoms with Gasteiger partial charge in [0.2, 0.25) is 11.8 Å². The minimum Gasteiger partial charge on any atom is -0.493 e. The van der Waals surface area contributed by atoms with Gasteiger partial charge in [0.05, 0.1) is 32.5 Å². The van der Waals surface area contributed by atoms with Crippen LogP contribution in [-0.4, -0.2) is 56.3 Å². The van der Waals surface area contributed by atoms with E-state index in [4.69, 9.17) is 30.5 Å². The normalized spacial score (nSPS) is 14.0. The highest BCUT2D eigenvalue weighted by Gasteiger charge is 2.18. The minimum atomic E-state index is -0.0931. The third kappa shape index (κ3) is 5.50. The molecule has 1 fully saturated rings. The molecule has 1 aromatic heterocycles. The van der Waals surface area contributed by atoms with E-state index in [1.54, 1.807) is 49.6 Å². The number of amides is 1. The summed E-state index contributed by atoms with van der Waals surface area (Å²) in [6.45, 7) is 2.16. The van der Waals surface area contributed by atoms with Gasteiger partial charge in [0, 0.05) is 37.0 Å². The SMILES string of the molecule is COc1ccc(C(=CC(=O)N2CCOCC2)c2ccc(Oc3ccccc3Cl)nc2)cc1OC. The van der Waals surface area contributed by atoms with E-state index in [1.165, 1.54) is 0 Å². The first kappa shape index (κ1) is 23.6. The number of halogens is 1. The molecule has 4 rings (SSSR count). The number of pyridine rings is 1. The average molecular weight is 481 g/mol. The number of benzene rings is 2. The number of ether oxygens (including phenoxy) is 4. The fourth-order valence-corrected chi connectivity index (χ4v) is 3.75. The lowest BCUT2D eigenvalue weighted by molar-refractivity contribution is -0.129. The molecule has 7 nitrogen and oxygen atoms in total. The Kier molecular flexibility index (Phi) is 7.67. The van der Waals surface area contributed by atoms with Gasteiger partial charge in [-0.05, 0) is 41.5 Å². The van der Waals surface area contributed by atoms with E-state index in [2.05, 4.69) is 4.98 Å². The number of carbonyl (C=O) groups is 1. The maximum atomic E-state index is 13.1. The molecule has 0 aliphatic carbocycles. The number of methoxy groups -OCH3 is 2. The zero-order valence-electron chi connectivity index (χ0n) is 19.0. The molecule has 1 amide bonds. The molecule has 0 N–H and O–H groups in total. The molecule has 8 heteroatoms. The summed E-state index contributed by atoms with van der Waals surface area (Å²) in [5, 5.41) is 0.496. The topological polar surface area (TPSA) is 70.1 Å². The first-order valence-corrected chi connectivity index (χ1v) is 11.2. The van der Waals surface area contributed by atoms with Gasteiger partial charge in [0.15, 0.2) is 11.5 Å². The van der Waals surface area contributed by atoms with Crippen LogP contribution < -0.4 is 14.2 Å². The summed E-state index contributed by atoms with van der Waals surface area (Å²) in [4.78, 5) is 19.3. The second-order valence-corrected chi connectivity index (χ2v) is 7.89. The number of rotatable bonds is 7. The van der Waals surface area contributed by atoms with Crippen LogP contribution in [0.15, 0.2) is 66.9 Å². The van der Waals surface area contributed by atoms with Gasteiger partial charge in [0.1, 0.15) is 5.75 Å². The number of nitrogens with zero attached hydrogens (tertiary/aromatic N) is 2. The zero-order valence-corrected chi connectivity index (χ0v) is 19.7. The molecule has 176 valence electrons. The zero-order chi connectivity index (χ0) is 23.9. The molecule has 1 aliphatic rings. The largest absolute Gasteiger partial charge is 0.493 e. The van der Waals surface area contributed by atoms with Crippen LogP contribution in [0.25, 0.3) is 5.57 Å². The molecular formula is C26H25ClN2O5. The van der Waals surface area contributed by atoms with E-state index in [9.17, 15) is 4.79 Å². The second-order valence-electron chi connectivity index (χ2n) is 7.48. The van der Waals surface area contributed by atoms with Crippen LogP contribution >= 0.6 is 11.6 Å². The number of hydrogen-bond donors (Lipinski definition) is 0. The van der Waals surface area contributed by atoms with Crippen molar-refractivity contribution in [1.82, 2.24) is 9.88 Å². The summed E-state index contributed by atoms with van der Waals surface area (Å²) in [6, 6.07) is 16.3. The van der Waals surface area contributed by atoms with Crippen LogP contribution in [0, 0.1) is 0 Å². The van der Waals surface area contributed by atoms with Crippen LogP contribution in [0.5, 0.6) is 23.1 Å². The second kappa shape index (κ2) is 11.0. The Labute approximate surface area is 203 Å². The van der Waals surface area contributed by atoms with E-state index in [1.807, 2.05) is 36.4 Å². The molecule has 0 atom stereocenters. The van der Waals surface area contributed by atoms with Crippen LogP contribution in [0.3, 0.4) is 0 Å². The molecule has 0 saturated carbocycles. The summed E-state index contributed by atoms with van der Waals surface area (Å²) in [6.07, 6.45) is 3.29. The Morgan fingerprint density at radius 1 is 0.971 bits per heavy atom. The number of aromatic nitrogens is 1. The molecule has 34 heavy (non-hydrogen) atoms. The Balaban J connectivity index is 1.68.